The van der Waals surface area contributed by atoms with Crippen LogP contribution in [0.5, 0.6) is 5.75 Å². The molecule has 0 saturated carbocycles. The molecule has 0 amide bonds. The Kier molecular flexibility index (Phi) is 4.27. The average molecular weight is 432 g/mol. The summed E-state index contributed by atoms with van der Waals surface area (Å²) >= 11 is 1.32. The average Bonchev–Trinajstić information content (AvgIpc) is 3.36. The van der Waals surface area contributed by atoms with Gasteiger partial charge in [-0.15, -0.1) is 0 Å². The summed E-state index contributed by atoms with van der Waals surface area (Å²) in [6, 6.07) is 8.52. The normalized spacial score (nSPS) is 14.1. The lowest BCUT2D eigenvalue weighted by Gasteiger charge is -2.30. The summed E-state index contributed by atoms with van der Waals surface area (Å²) < 4.78 is 27.0. The minimum atomic E-state index is -0.928. The van der Waals surface area contributed by atoms with Crippen LogP contribution in [0, 0.1) is 17.1 Å². The maximum Gasteiger partial charge on any atom is 0.166 e. The van der Waals surface area contributed by atoms with Crippen LogP contribution in [0.4, 0.5) is 10.2 Å². The van der Waals surface area contributed by atoms with Crippen LogP contribution >= 0.6 is 11.5 Å². The van der Waals surface area contributed by atoms with Gasteiger partial charge in [0.05, 0.1) is 24.3 Å². The Morgan fingerprint density at radius 2 is 2.10 bits per heavy atom. The summed E-state index contributed by atoms with van der Waals surface area (Å²) in [7, 11) is 0. The third-order valence-electron chi connectivity index (χ3n) is 5.35. The Morgan fingerprint density at radius 3 is 2.90 bits per heavy atom. The van der Waals surface area contributed by atoms with Gasteiger partial charge in [-0.2, -0.15) is 9.64 Å². The number of anilines is 1. The largest absolute Gasteiger partial charge is 0.479 e. The van der Waals surface area contributed by atoms with Crippen LogP contribution in [-0.2, 0) is 12.1 Å². The minimum absolute atomic E-state index is 0.203. The van der Waals surface area contributed by atoms with Crippen LogP contribution in [0.1, 0.15) is 30.8 Å². The van der Waals surface area contributed by atoms with Gasteiger partial charge in [0, 0.05) is 28.3 Å². The lowest BCUT2D eigenvalue weighted by molar-refractivity contribution is 0.109. The molecule has 1 aliphatic rings. The number of benzene rings is 1. The number of ether oxygens (including phenoxy) is 1. The molecule has 3 aromatic heterocycles. The van der Waals surface area contributed by atoms with Gasteiger partial charge in [-0.25, -0.2) is 14.4 Å². The third kappa shape index (κ3) is 3.12. The van der Waals surface area contributed by atoms with Gasteiger partial charge in [0.2, 0.25) is 0 Å². The van der Waals surface area contributed by atoms with Gasteiger partial charge in [-0.1, -0.05) is 6.07 Å². The monoisotopic (exact) mass is 432 g/mol. The number of nitriles is 1. The summed E-state index contributed by atoms with van der Waals surface area (Å²) in [6.07, 6.45) is 3.19. The van der Waals surface area contributed by atoms with E-state index < -0.39 is 5.60 Å². The number of aromatic nitrogens is 4. The summed E-state index contributed by atoms with van der Waals surface area (Å²) in [6.45, 7) is 4.10. The summed E-state index contributed by atoms with van der Waals surface area (Å²) in [5, 5.41) is 11.5. The van der Waals surface area contributed by atoms with Gasteiger partial charge in [0.25, 0.3) is 0 Å². The summed E-state index contributed by atoms with van der Waals surface area (Å²) in [5.41, 5.74) is 9.86. The van der Waals surface area contributed by atoms with E-state index in [9.17, 15) is 9.65 Å². The number of pyridine rings is 1. The number of nitrogen functional groups attached to an aromatic ring is 1. The molecule has 0 fully saturated rings. The fourth-order valence-electron chi connectivity index (χ4n) is 3.89. The second-order valence-corrected chi connectivity index (χ2v) is 8.40. The van der Waals surface area contributed by atoms with Gasteiger partial charge >= 0.3 is 0 Å². The zero-order valence-electron chi connectivity index (χ0n) is 16.8. The second-order valence-electron chi connectivity index (χ2n) is 7.77. The van der Waals surface area contributed by atoms with Gasteiger partial charge in [0.15, 0.2) is 17.3 Å². The Bertz CT molecular complexity index is 1370. The molecule has 4 aromatic rings. The van der Waals surface area contributed by atoms with Crippen LogP contribution in [-0.4, -0.2) is 18.9 Å². The van der Waals surface area contributed by atoms with Crippen molar-refractivity contribution in [1.29, 1.82) is 5.26 Å². The van der Waals surface area contributed by atoms with E-state index in [0.717, 1.165) is 16.8 Å². The number of nitrogens with two attached hydrogens (primary N) is 1. The van der Waals surface area contributed by atoms with Crippen molar-refractivity contribution in [3.05, 3.63) is 64.9 Å². The maximum absolute atomic E-state index is 14.3. The molecule has 2 N–H and O–H groups in total. The highest BCUT2D eigenvalue weighted by Gasteiger charge is 2.30. The number of fused-ring (bicyclic) bond motifs is 7. The van der Waals surface area contributed by atoms with Gasteiger partial charge in [-0.05, 0) is 49.1 Å². The van der Waals surface area contributed by atoms with E-state index in [1.807, 2.05) is 23.8 Å². The Morgan fingerprint density at radius 1 is 1.26 bits per heavy atom. The smallest absolute Gasteiger partial charge is 0.166 e. The molecule has 31 heavy (non-hydrogen) atoms. The van der Waals surface area contributed by atoms with Crippen LogP contribution in [0.25, 0.3) is 22.4 Å². The molecule has 154 valence electrons. The van der Waals surface area contributed by atoms with Crippen molar-refractivity contribution in [2.24, 2.45) is 0 Å². The number of hydrogen-bond acceptors (Lipinski definition) is 7. The van der Waals surface area contributed by atoms with Gasteiger partial charge in [0.1, 0.15) is 17.5 Å². The van der Waals surface area contributed by atoms with Crippen molar-refractivity contribution < 1.29 is 9.13 Å². The minimum Gasteiger partial charge on any atom is -0.479 e. The van der Waals surface area contributed by atoms with E-state index in [4.69, 9.17) is 10.5 Å². The van der Waals surface area contributed by atoms with Crippen LogP contribution in [0.2, 0.25) is 0 Å². The topological polar surface area (TPSA) is 103 Å². The lowest BCUT2D eigenvalue weighted by Crippen LogP contribution is -2.27. The van der Waals surface area contributed by atoms with Crippen molar-refractivity contribution in [1.82, 2.24) is 18.9 Å². The SMILES string of the molecule is CC1(C)Oc2cc(cnc2N)-c2c(C#N)ncn2Cc2nscc2-c2ccc(F)cc21. The Balaban J connectivity index is 1.84. The van der Waals surface area contributed by atoms with Crippen molar-refractivity contribution in [2.75, 3.05) is 5.73 Å². The molecule has 0 unspecified atom stereocenters. The first-order valence-electron chi connectivity index (χ1n) is 9.51. The highest BCUT2D eigenvalue weighted by molar-refractivity contribution is 7.04. The number of halogens is 1. The first-order valence-corrected chi connectivity index (χ1v) is 10.3. The van der Waals surface area contributed by atoms with Gasteiger partial charge in [-0.3, -0.25) is 0 Å². The Hall–Kier alpha value is -3.77. The molecule has 5 rings (SSSR count). The van der Waals surface area contributed by atoms with Crippen LogP contribution in [0.3, 0.4) is 0 Å². The maximum atomic E-state index is 14.3. The molecule has 9 heteroatoms. The summed E-state index contributed by atoms with van der Waals surface area (Å²) in [4.78, 5) is 8.52. The quantitative estimate of drug-likeness (QED) is 0.443. The highest BCUT2D eigenvalue weighted by Crippen LogP contribution is 2.40. The molecule has 1 aromatic carbocycles. The number of imidazole rings is 1. The zero-order chi connectivity index (χ0) is 21.8. The van der Waals surface area contributed by atoms with E-state index in [0.29, 0.717) is 29.1 Å². The molecular weight excluding hydrogens is 415 g/mol. The molecule has 2 bridgehead atoms. The van der Waals surface area contributed by atoms with Crippen LogP contribution in [0.15, 0.2) is 42.2 Å². The van der Waals surface area contributed by atoms with Crippen molar-refractivity contribution in [3.63, 3.8) is 0 Å². The third-order valence-corrected chi connectivity index (χ3v) is 6.02. The molecule has 0 spiro atoms. The summed E-state index contributed by atoms with van der Waals surface area (Å²) in [5.74, 6) is 0.190. The molecule has 0 saturated heterocycles. The van der Waals surface area contributed by atoms with E-state index in [1.54, 1.807) is 24.7 Å². The van der Waals surface area contributed by atoms with E-state index >= 15 is 0 Å². The first kappa shape index (κ1) is 19.2. The second kappa shape index (κ2) is 6.89. The molecule has 1 aliphatic heterocycles. The van der Waals surface area contributed by atoms with Gasteiger partial charge < -0.3 is 15.0 Å². The van der Waals surface area contributed by atoms with Crippen molar-refractivity contribution in [3.8, 4) is 34.2 Å². The molecule has 0 atom stereocenters. The number of rotatable bonds is 0. The fraction of sp³-hybridized carbons (Fsp3) is 0.182. The molecule has 0 aliphatic carbocycles. The van der Waals surface area contributed by atoms with E-state index in [1.165, 1.54) is 23.7 Å². The predicted molar refractivity (Wildman–Crippen MR) is 115 cm³/mol. The van der Waals surface area contributed by atoms with E-state index in [-0.39, 0.29) is 17.3 Å². The molecular formula is C22H17FN6OS. The molecule has 4 heterocycles. The lowest BCUT2D eigenvalue weighted by atomic mass is 9.89. The number of nitrogens with zero attached hydrogens (tertiary/aromatic N) is 5. The molecule has 0 radical (unpaired) electrons. The highest BCUT2D eigenvalue weighted by atomic mass is 32.1. The van der Waals surface area contributed by atoms with E-state index in [2.05, 4.69) is 20.4 Å². The predicted octanol–water partition coefficient (Wildman–Crippen LogP) is 4.34. The first-order chi connectivity index (χ1) is 14.9. The van der Waals surface area contributed by atoms with Crippen molar-refractivity contribution in [2.45, 2.75) is 26.0 Å². The Labute approximate surface area is 181 Å². The number of hydrogen-bond donors (Lipinski definition) is 1. The zero-order valence-corrected chi connectivity index (χ0v) is 17.6. The van der Waals surface area contributed by atoms with Crippen molar-refractivity contribution >= 4 is 17.4 Å². The standard InChI is InChI=1S/C22H17FN6OS/c1-22(2)16-6-13(23)3-4-14(16)15-10-31-28-18(15)9-29-11-27-17(7-24)20(29)12-5-19(30-22)21(25)26-8-12/h3-6,8,10-11H,9H2,1-2H3,(H2,25,26). The van der Waals surface area contributed by atoms with Crippen LogP contribution < -0.4 is 10.5 Å². The fourth-order valence-corrected chi connectivity index (χ4v) is 4.59. The molecule has 7 nitrogen and oxygen atoms in total.